The van der Waals surface area contributed by atoms with E-state index in [-0.39, 0.29) is 5.97 Å². The van der Waals surface area contributed by atoms with Crippen LogP contribution in [-0.4, -0.2) is 13.1 Å². The molecule has 0 aromatic heterocycles. The van der Waals surface area contributed by atoms with Crippen molar-refractivity contribution in [1.29, 1.82) is 0 Å². The van der Waals surface area contributed by atoms with E-state index in [0.29, 0.717) is 23.2 Å². The number of methoxy groups -OCH3 is 1. The van der Waals surface area contributed by atoms with Crippen LogP contribution in [0.15, 0.2) is 12.2 Å². The Morgan fingerprint density at radius 3 is 2.59 bits per heavy atom. The maximum absolute atomic E-state index is 11.6. The third-order valence-corrected chi connectivity index (χ3v) is 9.86. The molecular weight excluding hydrogens is 332 g/mol. The molecule has 4 rings (SSSR count). The number of rotatable bonds is 4. The fourth-order valence-corrected chi connectivity index (χ4v) is 8.28. The number of carbonyl (C=O) groups excluding carboxylic acids is 1. The van der Waals surface area contributed by atoms with Gasteiger partial charge < -0.3 is 4.74 Å². The van der Waals surface area contributed by atoms with Crippen LogP contribution in [0.2, 0.25) is 0 Å². The zero-order valence-electron chi connectivity index (χ0n) is 18.0. The second-order valence-electron chi connectivity index (χ2n) is 10.9. The Bertz CT molecular complexity index is 595. The van der Waals surface area contributed by atoms with Crippen LogP contribution >= 0.6 is 0 Å². The largest absolute Gasteiger partial charge is 0.469 e. The maximum Gasteiger partial charge on any atom is 0.305 e. The van der Waals surface area contributed by atoms with Crippen LogP contribution in [0, 0.1) is 46.3 Å². The summed E-state index contributed by atoms with van der Waals surface area (Å²) in [6, 6.07) is 0. The van der Waals surface area contributed by atoms with Crippen molar-refractivity contribution in [2.75, 3.05) is 7.11 Å². The minimum absolute atomic E-state index is 0.0447. The quantitative estimate of drug-likeness (QED) is 0.421. The predicted molar refractivity (Wildman–Crippen MR) is 110 cm³/mol. The van der Waals surface area contributed by atoms with Crippen LogP contribution in [0.4, 0.5) is 0 Å². The average molecular weight is 373 g/mol. The summed E-state index contributed by atoms with van der Waals surface area (Å²) in [5, 5.41) is 0. The normalized spacial score (nSPS) is 46.9. The summed E-state index contributed by atoms with van der Waals surface area (Å²) in [6.07, 6.45) is 18.2. The van der Waals surface area contributed by atoms with E-state index in [4.69, 9.17) is 4.74 Å². The van der Waals surface area contributed by atoms with Gasteiger partial charge >= 0.3 is 5.97 Å². The maximum atomic E-state index is 11.6. The topological polar surface area (TPSA) is 26.3 Å². The summed E-state index contributed by atoms with van der Waals surface area (Å²) < 4.78 is 4.88. The molecule has 8 unspecified atom stereocenters. The van der Waals surface area contributed by atoms with Gasteiger partial charge in [-0.3, -0.25) is 4.79 Å². The Kier molecular flexibility index (Phi) is 5.23. The Morgan fingerprint density at radius 2 is 1.81 bits per heavy atom. The van der Waals surface area contributed by atoms with Crippen molar-refractivity contribution in [3.8, 4) is 0 Å². The third kappa shape index (κ3) is 3.10. The van der Waals surface area contributed by atoms with Crippen LogP contribution in [0.5, 0.6) is 0 Å². The predicted octanol–water partition coefficient (Wildman–Crippen LogP) is 6.40. The summed E-state index contributed by atoms with van der Waals surface area (Å²) >= 11 is 0. The Balaban J connectivity index is 1.52. The molecule has 0 heterocycles. The van der Waals surface area contributed by atoms with Gasteiger partial charge in [0.15, 0.2) is 0 Å². The van der Waals surface area contributed by atoms with Crippen molar-refractivity contribution >= 4 is 5.97 Å². The zero-order chi connectivity index (χ0) is 19.2. The fourth-order valence-electron chi connectivity index (χ4n) is 8.28. The lowest BCUT2D eigenvalue weighted by Gasteiger charge is -2.58. The van der Waals surface area contributed by atoms with Gasteiger partial charge in [-0.25, -0.2) is 0 Å². The fraction of sp³-hybridized carbons (Fsp3) is 0.880. The molecule has 0 saturated heterocycles. The molecule has 3 saturated carbocycles. The van der Waals surface area contributed by atoms with E-state index in [9.17, 15) is 4.79 Å². The smallest absolute Gasteiger partial charge is 0.305 e. The first-order valence-electron chi connectivity index (χ1n) is 11.7. The van der Waals surface area contributed by atoms with Crippen LogP contribution in [0.1, 0.15) is 85.0 Å². The van der Waals surface area contributed by atoms with Crippen molar-refractivity contribution < 1.29 is 9.53 Å². The molecule has 0 aliphatic heterocycles. The summed E-state index contributed by atoms with van der Waals surface area (Å²) in [6.45, 7) is 7.62. The van der Waals surface area contributed by atoms with Crippen molar-refractivity contribution in [3.63, 3.8) is 0 Å². The monoisotopic (exact) mass is 372 g/mol. The number of hydrogen-bond donors (Lipinski definition) is 0. The molecule has 27 heavy (non-hydrogen) atoms. The van der Waals surface area contributed by atoms with Crippen LogP contribution < -0.4 is 0 Å². The van der Waals surface area contributed by atoms with E-state index in [1.165, 1.54) is 58.5 Å². The van der Waals surface area contributed by atoms with Gasteiger partial charge in [-0.05, 0) is 91.3 Å². The Morgan fingerprint density at radius 1 is 1.04 bits per heavy atom. The van der Waals surface area contributed by atoms with Crippen molar-refractivity contribution in [2.24, 2.45) is 46.3 Å². The molecule has 3 fully saturated rings. The lowest BCUT2D eigenvalue weighted by Crippen LogP contribution is -2.51. The highest BCUT2D eigenvalue weighted by atomic mass is 16.5. The van der Waals surface area contributed by atoms with E-state index < -0.39 is 0 Å². The Hall–Kier alpha value is -0.790. The van der Waals surface area contributed by atoms with E-state index in [2.05, 4.69) is 32.9 Å². The molecule has 4 aliphatic rings. The molecule has 0 radical (unpaired) electrons. The molecule has 0 bridgehead atoms. The van der Waals surface area contributed by atoms with Crippen molar-refractivity contribution in [1.82, 2.24) is 0 Å². The molecule has 0 aromatic carbocycles. The van der Waals surface area contributed by atoms with Gasteiger partial charge in [-0.1, -0.05) is 45.8 Å². The molecule has 0 spiro atoms. The van der Waals surface area contributed by atoms with Crippen molar-refractivity contribution in [3.05, 3.63) is 12.2 Å². The highest BCUT2D eigenvalue weighted by Gasteiger charge is 2.58. The second-order valence-corrected chi connectivity index (χ2v) is 10.9. The van der Waals surface area contributed by atoms with Crippen LogP contribution in [0.3, 0.4) is 0 Å². The molecule has 2 nitrogen and oxygen atoms in total. The molecule has 0 amide bonds. The molecule has 152 valence electrons. The molecule has 4 aliphatic carbocycles. The summed E-state index contributed by atoms with van der Waals surface area (Å²) in [7, 11) is 1.51. The SMILES string of the molecule is COC(=O)CCC(C)C1CCC2C3C=CC4CCCCC4(C)C3CCC12C. The van der Waals surface area contributed by atoms with E-state index in [1.807, 2.05) is 0 Å². The number of fused-ring (bicyclic) bond motifs is 5. The number of esters is 1. The number of ether oxygens (including phenoxy) is 1. The van der Waals surface area contributed by atoms with Gasteiger partial charge in [-0.15, -0.1) is 0 Å². The molecule has 0 N–H and O–H groups in total. The van der Waals surface area contributed by atoms with Gasteiger partial charge in [0.2, 0.25) is 0 Å². The molecule has 8 atom stereocenters. The van der Waals surface area contributed by atoms with Crippen LogP contribution in [-0.2, 0) is 9.53 Å². The molecule has 0 aromatic rings. The highest BCUT2D eigenvalue weighted by Crippen LogP contribution is 2.66. The lowest BCUT2D eigenvalue weighted by atomic mass is 9.46. The minimum atomic E-state index is -0.0447. The second kappa shape index (κ2) is 7.23. The number of allylic oxidation sites excluding steroid dienone is 2. The third-order valence-electron chi connectivity index (χ3n) is 9.86. The Labute approximate surface area is 166 Å². The first-order valence-corrected chi connectivity index (χ1v) is 11.7. The van der Waals surface area contributed by atoms with Gasteiger partial charge in [-0.2, -0.15) is 0 Å². The van der Waals surface area contributed by atoms with Gasteiger partial charge in [0.1, 0.15) is 0 Å². The van der Waals surface area contributed by atoms with Gasteiger partial charge in [0.25, 0.3) is 0 Å². The van der Waals surface area contributed by atoms with Gasteiger partial charge in [0, 0.05) is 6.42 Å². The lowest BCUT2D eigenvalue weighted by molar-refractivity contribution is -0.141. The molecule has 2 heteroatoms. The number of carbonyl (C=O) groups is 1. The van der Waals surface area contributed by atoms with Crippen molar-refractivity contribution in [2.45, 2.75) is 85.0 Å². The average Bonchev–Trinajstić information content (AvgIpc) is 3.02. The number of hydrogen-bond acceptors (Lipinski definition) is 2. The summed E-state index contributed by atoms with van der Waals surface area (Å²) in [5.41, 5.74) is 1.03. The molecular formula is C25H40O2. The van der Waals surface area contributed by atoms with E-state index in [0.717, 1.165) is 36.0 Å². The first kappa shape index (κ1) is 19.5. The summed E-state index contributed by atoms with van der Waals surface area (Å²) in [5.74, 6) is 4.78. The minimum Gasteiger partial charge on any atom is -0.469 e. The van der Waals surface area contributed by atoms with E-state index in [1.54, 1.807) is 0 Å². The van der Waals surface area contributed by atoms with Gasteiger partial charge in [0.05, 0.1) is 7.11 Å². The highest BCUT2D eigenvalue weighted by molar-refractivity contribution is 5.69. The van der Waals surface area contributed by atoms with E-state index >= 15 is 0 Å². The first-order chi connectivity index (χ1) is 12.9. The zero-order valence-corrected chi connectivity index (χ0v) is 18.0. The van der Waals surface area contributed by atoms with Crippen LogP contribution in [0.25, 0.3) is 0 Å². The standard InChI is InChI=1S/C25H40O2/c1-17(8-13-23(26)27-4)20-11-12-21-19-10-9-18-7-5-6-15-24(18,2)22(19)14-16-25(20,21)3/h9-10,17-22H,5-8,11-16H2,1-4H3. The summed E-state index contributed by atoms with van der Waals surface area (Å²) in [4.78, 5) is 11.6.